The third kappa shape index (κ3) is 9.10. The van der Waals surface area contributed by atoms with Crippen LogP contribution in [0.15, 0.2) is 48.5 Å². The van der Waals surface area contributed by atoms with Crippen molar-refractivity contribution < 1.29 is 23.8 Å². The SMILES string of the molecule is CC(C)CCOc1cc(NC(=O)[C@H]2CCC[C@@H]2NC(=O)OC(C)(C)C)cc(OCc2ccccc2)c1. The zero-order valence-corrected chi connectivity index (χ0v) is 22.1. The summed E-state index contributed by atoms with van der Waals surface area (Å²) in [5.41, 5.74) is 1.07. The van der Waals surface area contributed by atoms with Crippen LogP contribution in [0, 0.1) is 11.8 Å². The van der Waals surface area contributed by atoms with Gasteiger partial charge in [-0.2, -0.15) is 0 Å². The topological polar surface area (TPSA) is 85.9 Å². The first-order valence-electron chi connectivity index (χ1n) is 12.8. The van der Waals surface area contributed by atoms with Gasteiger partial charge in [-0.05, 0) is 51.5 Å². The summed E-state index contributed by atoms with van der Waals surface area (Å²) in [6.07, 6.45) is 2.73. The van der Waals surface area contributed by atoms with Crippen molar-refractivity contribution in [3.8, 4) is 11.5 Å². The van der Waals surface area contributed by atoms with Crippen molar-refractivity contribution in [2.24, 2.45) is 11.8 Å². The molecule has 196 valence electrons. The number of anilines is 1. The molecule has 1 aliphatic rings. The number of ether oxygens (including phenoxy) is 3. The van der Waals surface area contributed by atoms with Crippen LogP contribution in [0.1, 0.15) is 65.9 Å². The maximum atomic E-state index is 13.2. The summed E-state index contributed by atoms with van der Waals surface area (Å²) >= 11 is 0. The van der Waals surface area contributed by atoms with Gasteiger partial charge >= 0.3 is 6.09 Å². The molecule has 0 aliphatic heterocycles. The monoisotopic (exact) mass is 496 g/mol. The van der Waals surface area contributed by atoms with Crippen molar-refractivity contribution >= 4 is 17.7 Å². The van der Waals surface area contributed by atoms with Crippen molar-refractivity contribution in [3.05, 3.63) is 54.1 Å². The summed E-state index contributed by atoms with van der Waals surface area (Å²) < 4.78 is 17.4. The summed E-state index contributed by atoms with van der Waals surface area (Å²) in [4.78, 5) is 25.5. The molecule has 1 saturated carbocycles. The third-order valence-corrected chi connectivity index (χ3v) is 5.91. The van der Waals surface area contributed by atoms with Crippen LogP contribution in [0.3, 0.4) is 0 Å². The second-order valence-corrected chi connectivity index (χ2v) is 10.8. The highest BCUT2D eigenvalue weighted by molar-refractivity contribution is 5.94. The van der Waals surface area contributed by atoms with E-state index in [2.05, 4.69) is 24.5 Å². The van der Waals surface area contributed by atoms with E-state index >= 15 is 0 Å². The Morgan fingerprint density at radius 3 is 2.36 bits per heavy atom. The second-order valence-electron chi connectivity index (χ2n) is 10.8. The molecule has 0 radical (unpaired) electrons. The van der Waals surface area contributed by atoms with Crippen molar-refractivity contribution in [2.75, 3.05) is 11.9 Å². The van der Waals surface area contributed by atoms with Crippen LogP contribution in [-0.2, 0) is 16.1 Å². The molecule has 2 aromatic carbocycles. The number of nitrogens with one attached hydrogen (secondary N) is 2. The fourth-order valence-corrected chi connectivity index (χ4v) is 4.10. The van der Waals surface area contributed by atoms with E-state index in [0.29, 0.717) is 42.7 Å². The van der Waals surface area contributed by atoms with Gasteiger partial charge < -0.3 is 24.8 Å². The lowest BCUT2D eigenvalue weighted by atomic mass is 10.0. The standard InChI is InChI=1S/C29H40N2O5/c1-20(2)14-15-34-23-16-22(17-24(18-23)35-19-21-10-7-6-8-11-21)30-27(32)25-12-9-13-26(25)31-28(33)36-29(3,4)5/h6-8,10-11,16-18,20,25-26H,9,12-15,19H2,1-5H3,(H,30,32)(H,31,33)/t25-,26-/m0/s1. The van der Waals surface area contributed by atoms with Gasteiger partial charge in [0.2, 0.25) is 5.91 Å². The quantitative estimate of drug-likeness (QED) is 0.402. The zero-order chi connectivity index (χ0) is 26.1. The number of hydrogen-bond donors (Lipinski definition) is 2. The normalized spacial score (nSPS) is 17.5. The van der Waals surface area contributed by atoms with E-state index in [1.807, 2.05) is 63.2 Å². The molecular weight excluding hydrogens is 456 g/mol. The fourth-order valence-electron chi connectivity index (χ4n) is 4.10. The van der Waals surface area contributed by atoms with Crippen LogP contribution in [0.25, 0.3) is 0 Å². The summed E-state index contributed by atoms with van der Waals surface area (Å²) in [6.45, 7) is 10.7. The Morgan fingerprint density at radius 2 is 1.69 bits per heavy atom. The number of carbonyl (C=O) groups excluding carboxylic acids is 2. The molecule has 7 nitrogen and oxygen atoms in total. The van der Waals surface area contributed by atoms with Crippen LogP contribution >= 0.6 is 0 Å². The molecule has 3 rings (SSSR count). The van der Waals surface area contributed by atoms with Gasteiger partial charge in [0.05, 0.1) is 12.5 Å². The number of amides is 2. The van der Waals surface area contributed by atoms with E-state index in [1.165, 1.54) is 0 Å². The van der Waals surface area contributed by atoms with Gasteiger partial charge in [-0.25, -0.2) is 4.79 Å². The van der Waals surface area contributed by atoms with Gasteiger partial charge in [0.1, 0.15) is 23.7 Å². The Labute approximate surface area is 214 Å². The van der Waals surface area contributed by atoms with Gasteiger partial charge in [0, 0.05) is 29.9 Å². The molecule has 2 amide bonds. The zero-order valence-electron chi connectivity index (χ0n) is 22.1. The first-order valence-corrected chi connectivity index (χ1v) is 12.8. The van der Waals surface area contributed by atoms with Gasteiger partial charge in [-0.3, -0.25) is 4.79 Å². The molecule has 2 N–H and O–H groups in total. The van der Waals surface area contributed by atoms with E-state index in [1.54, 1.807) is 6.07 Å². The highest BCUT2D eigenvalue weighted by Gasteiger charge is 2.35. The Hall–Kier alpha value is -3.22. The fraction of sp³-hybridized carbons (Fsp3) is 0.517. The van der Waals surface area contributed by atoms with Crippen molar-refractivity contribution in [3.63, 3.8) is 0 Å². The minimum absolute atomic E-state index is 0.137. The molecule has 0 saturated heterocycles. The maximum absolute atomic E-state index is 13.2. The average Bonchev–Trinajstić information content (AvgIpc) is 3.25. The van der Waals surface area contributed by atoms with E-state index < -0.39 is 11.7 Å². The van der Waals surface area contributed by atoms with Crippen molar-refractivity contribution in [1.29, 1.82) is 0 Å². The van der Waals surface area contributed by atoms with E-state index in [-0.39, 0.29) is 17.9 Å². The van der Waals surface area contributed by atoms with Gasteiger partial charge in [-0.15, -0.1) is 0 Å². The van der Waals surface area contributed by atoms with E-state index in [4.69, 9.17) is 14.2 Å². The molecule has 0 aromatic heterocycles. The minimum atomic E-state index is -0.591. The predicted octanol–water partition coefficient (Wildman–Crippen LogP) is 6.32. The Balaban J connectivity index is 1.69. The van der Waals surface area contributed by atoms with Gasteiger partial charge in [0.25, 0.3) is 0 Å². The van der Waals surface area contributed by atoms with Crippen LogP contribution in [0.4, 0.5) is 10.5 Å². The molecule has 1 fully saturated rings. The highest BCUT2D eigenvalue weighted by atomic mass is 16.6. The van der Waals surface area contributed by atoms with Crippen molar-refractivity contribution in [2.45, 2.75) is 78.6 Å². The van der Waals surface area contributed by atoms with Crippen molar-refractivity contribution in [1.82, 2.24) is 5.32 Å². The molecule has 2 aromatic rings. The molecule has 2 atom stereocenters. The number of benzene rings is 2. The largest absolute Gasteiger partial charge is 0.493 e. The maximum Gasteiger partial charge on any atom is 0.407 e. The van der Waals surface area contributed by atoms with Gasteiger partial charge in [0.15, 0.2) is 0 Å². The number of rotatable bonds is 10. The summed E-state index contributed by atoms with van der Waals surface area (Å²) in [7, 11) is 0. The van der Waals surface area contributed by atoms with Gasteiger partial charge in [-0.1, -0.05) is 50.6 Å². The minimum Gasteiger partial charge on any atom is -0.493 e. The summed E-state index contributed by atoms with van der Waals surface area (Å²) in [5, 5.41) is 5.90. The lowest BCUT2D eigenvalue weighted by molar-refractivity contribution is -0.120. The van der Waals surface area contributed by atoms with Crippen LogP contribution in [0.5, 0.6) is 11.5 Å². The highest BCUT2D eigenvalue weighted by Crippen LogP contribution is 2.31. The Kier molecular flexibility index (Phi) is 9.62. The average molecular weight is 497 g/mol. The van der Waals surface area contributed by atoms with Crippen LogP contribution in [-0.4, -0.2) is 30.3 Å². The lowest BCUT2D eigenvalue weighted by Gasteiger charge is -2.24. The molecular formula is C29H40N2O5. The lowest BCUT2D eigenvalue weighted by Crippen LogP contribution is -2.44. The summed E-state index contributed by atoms with van der Waals surface area (Å²) in [5.74, 6) is 1.31. The van der Waals surface area contributed by atoms with E-state index in [0.717, 1.165) is 24.8 Å². The first-order chi connectivity index (χ1) is 17.1. The molecule has 0 bridgehead atoms. The number of hydrogen-bond acceptors (Lipinski definition) is 5. The van der Waals surface area contributed by atoms with Crippen LogP contribution < -0.4 is 20.1 Å². The molecule has 36 heavy (non-hydrogen) atoms. The third-order valence-electron chi connectivity index (χ3n) is 5.91. The number of carbonyl (C=O) groups is 2. The van der Waals surface area contributed by atoms with E-state index in [9.17, 15) is 9.59 Å². The molecule has 7 heteroatoms. The number of alkyl carbamates (subject to hydrolysis) is 1. The molecule has 1 aliphatic carbocycles. The first kappa shape index (κ1) is 27.4. The molecule has 0 unspecified atom stereocenters. The molecule has 0 spiro atoms. The molecule has 0 heterocycles. The second kappa shape index (κ2) is 12.7. The summed E-state index contributed by atoms with van der Waals surface area (Å²) in [6, 6.07) is 15.1. The predicted molar refractivity (Wildman–Crippen MR) is 141 cm³/mol. The Morgan fingerprint density at radius 1 is 1.00 bits per heavy atom. The Bertz CT molecular complexity index is 1000. The van der Waals surface area contributed by atoms with Crippen LogP contribution in [0.2, 0.25) is 0 Å². The smallest absolute Gasteiger partial charge is 0.407 e.